The molecule has 1 heterocycles. The van der Waals surface area contributed by atoms with E-state index in [4.69, 9.17) is 5.73 Å². The fourth-order valence-electron chi connectivity index (χ4n) is 0.912. The van der Waals surface area contributed by atoms with Crippen molar-refractivity contribution in [2.75, 3.05) is 5.32 Å². The number of amides is 1. The minimum Gasteiger partial charge on any atom is -0.320 e. The van der Waals surface area contributed by atoms with Gasteiger partial charge in [0.25, 0.3) is 6.43 Å². The monoisotopic (exact) mass is 218 g/mol. The normalized spacial score (nSPS) is 12.9. The Bertz CT molecular complexity index is 337. The molecule has 0 aromatic carbocycles. The molecule has 1 amide bonds. The number of halogens is 2. The van der Waals surface area contributed by atoms with Crippen LogP contribution in [0.15, 0.2) is 12.3 Å². The molecule has 0 bridgehead atoms. The molecule has 84 valence electrons. The third kappa shape index (κ3) is 3.62. The summed E-state index contributed by atoms with van der Waals surface area (Å²) in [5.74, 6) is -0.185. The summed E-state index contributed by atoms with van der Waals surface area (Å²) in [7, 11) is 0. The largest absolute Gasteiger partial charge is 0.320 e. The molecule has 3 N–H and O–H groups in total. The fourth-order valence-corrected chi connectivity index (χ4v) is 0.912. The van der Waals surface area contributed by atoms with Crippen molar-refractivity contribution in [3.05, 3.63) is 12.3 Å². The highest BCUT2D eigenvalue weighted by atomic mass is 19.3. The first-order chi connectivity index (χ1) is 6.99. The van der Waals surface area contributed by atoms with Gasteiger partial charge in [0.1, 0.15) is 6.54 Å². The summed E-state index contributed by atoms with van der Waals surface area (Å²) in [6, 6.07) is 0.771. The van der Waals surface area contributed by atoms with Crippen LogP contribution in [0, 0.1) is 0 Å². The van der Waals surface area contributed by atoms with E-state index in [2.05, 4.69) is 10.4 Å². The molecule has 1 atom stereocenters. The zero-order valence-electron chi connectivity index (χ0n) is 8.15. The molecular weight excluding hydrogens is 206 g/mol. The van der Waals surface area contributed by atoms with Crippen molar-refractivity contribution < 1.29 is 13.6 Å². The topological polar surface area (TPSA) is 72.9 Å². The number of carbonyl (C=O) groups excluding carboxylic acids is 1. The van der Waals surface area contributed by atoms with Crippen LogP contribution < -0.4 is 11.1 Å². The van der Waals surface area contributed by atoms with Crippen molar-refractivity contribution >= 4 is 11.7 Å². The summed E-state index contributed by atoms with van der Waals surface area (Å²) in [5.41, 5.74) is 5.30. The van der Waals surface area contributed by atoms with Crippen LogP contribution in [0.1, 0.15) is 6.92 Å². The van der Waals surface area contributed by atoms with Crippen LogP contribution in [-0.4, -0.2) is 28.2 Å². The molecule has 15 heavy (non-hydrogen) atoms. The summed E-state index contributed by atoms with van der Waals surface area (Å²) in [4.78, 5) is 11.1. The van der Waals surface area contributed by atoms with Crippen LogP contribution in [0.5, 0.6) is 0 Å². The first kappa shape index (κ1) is 11.6. The number of anilines is 1. The molecule has 0 saturated heterocycles. The zero-order valence-corrected chi connectivity index (χ0v) is 8.15. The number of hydrogen-bond donors (Lipinski definition) is 2. The quantitative estimate of drug-likeness (QED) is 0.769. The Morgan fingerprint density at radius 2 is 2.40 bits per heavy atom. The fraction of sp³-hybridized carbons (Fsp3) is 0.500. The van der Waals surface area contributed by atoms with Gasteiger partial charge in [-0.2, -0.15) is 5.10 Å². The average molecular weight is 218 g/mol. The summed E-state index contributed by atoms with van der Waals surface area (Å²) in [6.45, 7) is 1.03. The zero-order chi connectivity index (χ0) is 11.4. The maximum Gasteiger partial charge on any atom is 0.257 e. The average Bonchev–Trinajstić information content (AvgIpc) is 2.51. The number of aromatic nitrogens is 2. The molecule has 0 fully saturated rings. The predicted molar refractivity (Wildman–Crippen MR) is 50.5 cm³/mol. The summed E-state index contributed by atoms with van der Waals surface area (Å²) in [6.07, 6.45) is -1.11. The summed E-state index contributed by atoms with van der Waals surface area (Å²) in [5, 5.41) is 6.12. The van der Waals surface area contributed by atoms with Crippen molar-refractivity contribution in [1.29, 1.82) is 0 Å². The summed E-state index contributed by atoms with van der Waals surface area (Å²) < 4.78 is 25.0. The number of alkyl halides is 2. The number of nitrogens with two attached hydrogens (primary N) is 1. The first-order valence-corrected chi connectivity index (χ1v) is 4.37. The van der Waals surface area contributed by atoms with E-state index in [1.165, 1.54) is 19.2 Å². The number of carbonyl (C=O) groups is 1. The molecule has 1 aromatic heterocycles. The molecule has 0 aliphatic rings. The standard InChI is InChI=1S/C8H12F2N4O/c1-5(11)8(15)12-7-2-3-14(13-7)4-6(9)10/h2-3,5-6H,4,11H2,1H3,(H,12,13,15). The van der Waals surface area contributed by atoms with Crippen molar-refractivity contribution in [2.24, 2.45) is 5.73 Å². The van der Waals surface area contributed by atoms with Gasteiger partial charge in [0, 0.05) is 12.3 Å². The van der Waals surface area contributed by atoms with Crippen molar-refractivity contribution in [3.63, 3.8) is 0 Å². The Morgan fingerprint density at radius 3 is 2.93 bits per heavy atom. The maximum absolute atomic E-state index is 12.0. The number of nitrogens with one attached hydrogen (secondary N) is 1. The van der Waals surface area contributed by atoms with Gasteiger partial charge in [-0.25, -0.2) is 8.78 Å². The van der Waals surface area contributed by atoms with Crippen LogP contribution in [0.25, 0.3) is 0 Å². The lowest BCUT2D eigenvalue weighted by Crippen LogP contribution is -2.32. The Hall–Kier alpha value is -1.50. The molecule has 1 unspecified atom stereocenters. The SMILES string of the molecule is CC(N)C(=O)Nc1ccn(CC(F)F)n1. The van der Waals surface area contributed by atoms with E-state index in [-0.39, 0.29) is 5.82 Å². The Morgan fingerprint density at radius 1 is 1.73 bits per heavy atom. The Labute approximate surface area is 85.2 Å². The molecule has 0 saturated carbocycles. The van der Waals surface area contributed by atoms with E-state index in [1.54, 1.807) is 0 Å². The molecule has 0 aliphatic heterocycles. The van der Waals surface area contributed by atoms with E-state index in [9.17, 15) is 13.6 Å². The van der Waals surface area contributed by atoms with Gasteiger partial charge in [-0.3, -0.25) is 9.48 Å². The van der Waals surface area contributed by atoms with E-state index in [1.807, 2.05) is 0 Å². The molecule has 1 rings (SSSR count). The number of hydrogen-bond acceptors (Lipinski definition) is 3. The smallest absolute Gasteiger partial charge is 0.257 e. The van der Waals surface area contributed by atoms with E-state index in [0.29, 0.717) is 0 Å². The predicted octanol–water partition coefficient (Wildman–Crippen LogP) is 0.434. The third-order valence-electron chi connectivity index (χ3n) is 1.63. The van der Waals surface area contributed by atoms with Gasteiger partial charge < -0.3 is 11.1 Å². The molecule has 5 nitrogen and oxygen atoms in total. The second-order valence-electron chi connectivity index (χ2n) is 3.09. The van der Waals surface area contributed by atoms with E-state index in [0.717, 1.165) is 4.68 Å². The maximum atomic E-state index is 12.0. The lowest BCUT2D eigenvalue weighted by Gasteiger charge is -2.04. The Balaban J connectivity index is 2.56. The van der Waals surface area contributed by atoms with Crippen LogP contribution in [-0.2, 0) is 11.3 Å². The van der Waals surface area contributed by atoms with Gasteiger partial charge in [0.05, 0.1) is 6.04 Å². The van der Waals surface area contributed by atoms with Crippen LogP contribution in [0.2, 0.25) is 0 Å². The molecular formula is C8H12F2N4O. The minimum absolute atomic E-state index is 0.220. The van der Waals surface area contributed by atoms with Crippen LogP contribution in [0.3, 0.4) is 0 Å². The van der Waals surface area contributed by atoms with Crippen molar-refractivity contribution in [1.82, 2.24) is 9.78 Å². The second kappa shape index (κ2) is 4.83. The van der Waals surface area contributed by atoms with Crippen molar-refractivity contribution in [2.45, 2.75) is 25.9 Å². The van der Waals surface area contributed by atoms with Gasteiger partial charge in [0.15, 0.2) is 5.82 Å². The number of nitrogens with zero attached hydrogens (tertiary/aromatic N) is 2. The van der Waals surface area contributed by atoms with Crippen LogP contribution in [0.4, 0.5) is 14.6 Å². The van der Waals surface area contributed by atoms with Gasteiger partial charge in [-0.15, -0.1) is 0 Å². The highest BCUT2D eigenvalue weighted by Gasteiger charge is 2.10. The summed E-state index contributed by atoms with van der Waals surface area (Å²) >= 11 is 0. The first-order valence-electron chi connectivity index (χ1n) is 4.37. The van der Waals surface area contributed by atoms with Gasteiger partial charge in [-0.05, 0) is 6.92 Å². The third-order valence-corrected chi connectivity index (χ3v) is 1.63. The molecule has 0 spiro atoms. The van der Waals surface area contributed by atoms with E-state index >= 15 is 0 Å². The Kier molecular flexibility index (Phi) is 3.73. The van der Waals surface area contributed by atoms with Crippen molar-refractivity contribution in [3.8, 4) is 0 Å². The highest BCUT2D eigenvalue weighted by molar-refractivity contribution is 5.93. The highest BCUT2D eigenvalue weighted by Crippen LogP contribution is 2.05. The minimum atomic E-state index is -2.47. The van der Waals surface area contributed by atoms with Gasteiger partial charge in [0.2, 0.25) is 5.91 Å². The second-order valence-corrected chi connectivity index (χ2v) is 3.09. The number of rotatable bonds is 4. The molecule has 0 aliphatic carbocycles. The van der Waals surface area contributed by atoms with E-state index < -0.39 is 24.9 Å². The van der Waals surface area contributed by atoms with Gasteiger partial charge >= 0.3 is 0 Å². The van der Waals surface area contributed by atoms with Gasteiger partial charge in [-0.1, -0.05) is 0 Å². The lowest BCUT2D eigenvalue weighted by atomic mass is 10.3. The molecule has 0 radical (unpaired) electrons. The lowest BCUT2D eigenvalue weighted by molar-refractivity contribution is -0.117. The molecule has 1 aromatic rings. The van der Waals surface area contributed by atoms with Crippen LogP contribution >= 0.6 is 0 Å². The molecule has 7 heteroatoms.